The second-order valence-corrected chi connectivity index (χ2v) is 8.74. The molecule has 1 fully saturated rings. The Labute approximate surface area is 155 Å². The van der Waals surface area contributed by atoms with E-state index in [0.29, 0.717) is 24.1 Å². The van der Waals surface area contributed by atoms with Crippen molar-refractivity contribution < 1.29 is 4.79 Å². The number of hydrogen-bond donors (Lipinski definition) is 2. The minimum absolute atomic E-state index is 0.0230. The molecule has 0 radical (unpaired) electrons. The van der Waals surface area contributed by atoms with E-state index in [2.05, 4.69) is 23.6 Å². The zero-order valence-corrected chi connectivity index (χ0v) is 16.0. The number of amides is 1. The first-order valence-corrected chi connectivity index (χ1v) is 10.6. The van der Waals surface area contributed by atoms with Gasteiger partial charge < -0.3 is 10.6 Å². The van der Waals surface area contributed by atoms with Gasteiger partial charge in [0.05, 0.1) is 12.1 Å². The maximum Gasteiger partial charge on any atom is 0.238 e. The molecule has 4 nitrogen and oxygen atoms in total. The molecule has 0 aromatic carbocycles. The summed E-state index contributed by atoms with van der Waals surface area (Å²) in [7, 11) is 0. The number of thiophene rings is 1. The van der Waals surface area contributed by atoms with Crippen molar-refractivity contribution in [2.75, 3.05) is 11.9 Å². The Hall–Kier alpha value is -1.38. The molecule has 1 amide bonds. The van der Waals surface area contributed by atoms with Crippen LogP contribution in [-0.4, -0.2) is 18.5 Å². The number of fused-ring (bicyclic) bond motifs is 1. The van der Waals surface area contributed by atoms with Crippen LogP contribution in [0.1, 0.15) is 74.3 Å². The molecule has 3 rings (SSSR count). The number of nitrogens with zero attached hydrogens (tertiary/aromatic N) is 1. The first-order valence-electron chi connectivity index (χ1n) is 9.75. The Balaban J connectivity index is 1.57. The van der Waals surface area contributed by atoms with E-state index in [1.54, 1.807) is 11.3 Å². The number of hydrogen-bond acceptors (Lipinski definition) is 4. The molecule has 2 aliphatic carbocycles. The number of nitriles is 1. The quantitative estimate of drug-likeness (QED) is 0.838. The summed E-state index contributed by atoms with van der Waals surface area (Å²) in [6.45, 7) is 2.60. The van der Waals surface area contributed by atoms with E-state index < -0.39 is 0 Å². The van der Waals surface area contributed by atoms with Crippen molar-refractivity contribution in [3.05, 3.63) is 16.0 Å². The van der Waals surface area contributed by atoms with Crippen LogP contribution in [0.4, 0.5) is 5.00 Å². The van der Waals surface area contributed by atoms with E-state index in [1.807, 2.05) is 0 Å². The Kier molecular flexibility index (Phi) is 6.50. The lowest BCUT2D eigenvalue weighted by atomic mass is 9.89. The molecular formula is C20H29N3OS. The van der Waals surface area contributed by atoms with Crippen molar-refractivity contribution >= 4 is 22.2 Å². The average molecular weight is 360 g/mol. The van der Waals surface area contributed by atoms with Crippen molar-refractivity contribution in [2.24, 2.45) is 5.92 Å². The van der Waals surface area contributed by atoms with Crippen LogP contribution < -0.4 is 10.6 Å². The van der Waals surface area contributed by atoms with Crippen LogP contribution in [0.2, 0.25) is 0 Å². The third-order valence-corrected chi connectivity index (χ3v) is 6.70. The fraction of sp³-hybridized carbons (Fsp3) is 0.700. The molecule has 5 heteroatoms. The highest BCUT2D eigenvalue weighted by molar-refractivity contribution is 7.16. The highest BCUT2D eigenvalue weighted by Crippen LogP contribution is 2.39. The van der Waals surface area contributed by atoms with E-state index in [0.717, 1.165) is 24.3 Å². The van der Waals surface area contributed by atoms with Crippen LogP contribution in [-0.2, 0) is 17.6 Å². The third-order valence-electron chi connectivity index (χ3n) is 5.53. The fourth-order valence-corrected chi connectivity index (χ4v) is 5.40. The molecule has 1 heterocycles. The second-order valence-electron chi connectivity index (χ2n) is 7.64. The van der Waals surface area contributed by atoms with Crippen LogP contribution in [0, 0.1) is 17.2 Å². The largest absolute Gasteiger partial charge is 0.315 e. The van der Waals surface area contributed by atoms with Gasteiger partial charge in [-0.05, 0) is 43.6 Å². The van der Waals surface area contributed by atoms with E-state index in [4.69, 9.17) is 0 Å². The Morgan fingerprint density at radius 2 is 1.92 bits per heavy atom. The van der Waals surface area contributed by atoms with Gasteiger partial charge in [-0.15, -0.1) is 11.3 Å². The van der Waals surface area contributed by atoms with Crippen molar-refractivity contribution in [3.63, 3.8) is 0 Å². The standard InChI is InChI=1S/C20H29N3OS/c1-14-9-10-16-17(12-21)20(25-18(16)11-14)23-19(24)13-22-15-7-5-3-2-4-6-8-15/h14-15,22H,2-11,13H2,1H3,(H,23,24)/t14-/m0/s1. The van der Waals surface area contributed by atoms with Crippen molar-refractivity contribution in [1.29, 1.82) is 5.26 Å². The number of anilines is 1. The number of carbonyl (C=O) groups is 1. The Bertz CT molecular complexity index is 638. The predicted molar refractivity (Wildman–Crippen MR) is 103 cm³/mol. The summed E-state index contributed by atoms with van der Waals surface area (Å²) in [5.74, 6) is 0.646. The topological polar surface area (TPSA) is 64.9 Å². The zero-order valence-electron chi connectivity index (χ0n) is 15.2. The SMILES string of the molecule is C[C@H]1CCc2c(sc(NC(=O)CNC3CCCCCCC3)c2C#N)C1. The molecule has 2 N–H and O–H groups in total. The Morgan fingerprint density at radius 1 is 1.20 bits per heavy atom. The van der Waals surface area contributed by atoms with Gasteiger partial charge in [-0.25, -0.2) is 0 Å². The normalized spacial score (nSPS) is 21.7. The summed E-state index contributed by atoms with van der Waals surface area (Å²) in [6, 6.07) is 2.78. The average Bonchev–Trinajstić information content (AvgIpc) is 2.89. The second kappa shape index (κ2) is 8.82. The molecular weight excluding hydrogens is 330 g/mol. The number of carbonyl (C=O) groups excluding carboxylic acids is 1. The Morgan fingerprint density at radius 3 is 2.64 bits per heavy atom. The summed E-state index contributed by atoms with van der Waals surface area (Å²) in [6.07, 6.45) is 12.0. The van der Waals surface area contributed by atoms with Crippen molar-refractivity contribution in [2.45, 2.75) is 77.2 Å². The number of rotatable bonds is 4. The molecule has 2 aliphatic rings. The van der Waals surface area contributed by atoms with E-state index >= 15 is 0 Å². The van der Waals surface area contributed by atoms with Crippen LogP contribution in [0.3, 0.4) is 0 Å². The van der Waals surface area contributed by atoms with Gasteiger partial charge in [0, 0.05) is 10.9 Å². The lowest BCUT2D eigenvalue weighted by molar-refractivity contribution is -0.115. The minimum atomic E-state index is -0.0230. The van der Waals surface area contributed by atoms with Gasteiger partial charge >= 0.3 is 0 Å². The van der Waals surface area contributed by atoms with Gasteiger partial charge in [-0.3, -0.25) is 4.79 Å². The highest BCUT2D eigenvalue weighted by Gasteiger charge is 2.24. The molecule has 136 valence electrons. The van der Waals surface area contributed by atoms with Gasteiger partial charge in [0.25, 0.3) is 0 Å². The molecule has 0 bridgehead atoms. The van der Waals surface area contributed by atoms with Gasteiger partial charge in [-0.2, -0.15) is 5.26 Å². The van der Waals surface area contributed by atoms with Crippen LogP contribution in [0.15, 0.2) is 0 Å². The van der Waals surface area contributed by atoms with Crippen LogP contribution in [0.25, 0.3) is 0 Å². The third kappa shape index (κ3) is 4.83. The smallest absolute Gasteiger partial charge is 0.238 e. The molecule has 0 saturated heterocycles. The lowest BCUT2D eigenvalue weighted by Crippen LogP contribution is -2.36. The maximum absolute atomic E-state index is 12.4. The molecule has 1 aromatic rings. The minimum Gasteiger partial charge on any atom is -0.315 e. The molecule has 0 spiro atoms. The summed E-state index contributed by atoms with van der Waals surface area (Å²) < 4.78 is 0. The molecule has 1 aromatic heterocycles. The molecule has 25 heavy (non-hydrogen) atoms. The molecule has 0 aliphatic heterocycles. The maximum atomic E-state index is 12.4. The monoisotopic (exact) mass is 359 g/mol. The summed E-state index contributed by atoms with van der Waals surface area (Å²) >= 11 is 1.60. The predicted octanol–water partition coefficient (Wildman–Crippen LogP) is 4.39. The highest BCUT2D eigenvalue weighted by atomic mass is 32.1. The summed E-state index contributed by atoms with van der Waals surface area (Å²) in [5, 5.41) is 16.7. The van der Waals surface area contributed by atoms with Gasteiger partial charge in [0.2, 0.25) is 5.91 Å². The summed E-state index contributed by atoms with van der Waals surface area (Å²) in [4.78, 5) is 13.7. The zero-order chi connectivity index (χ0) is 17.6. The van der Waals surface area contributed by atoms with E-state index in [-0.39, 0.29) is 5.91 Å². The fourth-order valence-electron chi connectivity index (χ4n) is 4.03. The lowest BCUT2D eigenvalue weighted by Gasteiger charge is -2.20. The van der Waals surface area contributed by atoms with E-state index in [9.17, 15) is 10.1 Å². The molecule has 1 atom stereocenters. The van der Waals surface area contributed by atoms with Crippen molar-refractivity contribution in [3.8, 4) is 6.07 Å². The molecule has 1 saturated carbocycles. The molecule has 0 unspecified atom stereocenters. The number of nitrogens with one attached hydrogen (secondary N) is 2. The summed E-state index contributed by atoms with van der Waals surface area (Å²) in [5.41, 5.74) is 1.88. The van der Waals surface area contributed by atoms with Crippen molar-refractivity contribution in [1.82, 2.24) is 5.32 Å². The van der Waals surface area contributed by atoms with Crippen LogP contribution >= 0.6 is 11.3 Å². The van der Waals surface area contributed by atoms with Gasteiger partial charge in [0.15, 0.2) is 0 Å². The van der Waals surface area contributed by atoms with E-state index in [1.165, 1.54) is 55.4 Å². The first kappa shape index (κ1) is 18.4. The van der Waals surface area contributed by atoms with Gasteiger partial charge in [-0.1, -0.05) is 39.0 Å². The van der Waals surface area contributed by atoms with Crippen LogP contribution in [0.5, 0.6) is 0 Å². The first-order chi connectivity index (χ1) is 12.2. The van der Waals surface area contributed by atoms with Gasteiger partial charge in [0.1, 0.15) is 11.1 Å².